The van der Waals surface area contributed by atoms with Crippen molar-refractivity contribution in [3.63, 3.8) is 0 Å². The molecule has 0 saturated carbocycles. The quantitative estimate of drug-likeness (QED) is 0.859. The van der Waals surface area contributed by atoms with Crippen LogP contribution >= 0.6 is 0 Å². The van der Waals surface area contributed by atoms with E-state index in [4.69, 9.17) is 10.00 Å². The van der Waals surface area contributed by atoms with E-state index in [1.54, 1.807) is 12.1 Å². The number of benzene rings is 1. The molecule has 1 heterocycles. The summed E-state index contributed by atoms with van der Waals surface area (Å²) in [5, 5.41) is 18.4. The van der Waals surface area contributed by atoms with E-state index in [2.05, 4.69) is 22.8 Å². The monoisotopic (exact) mass is 303 g/mol. The molecule has 0 aliphatic carbocycles. The van der Waals surface area contributed by atoms with E-state index in [0.717, 1.165) is 38.5 Å². The third-order valence-electron chi connectivity index (χ3n) is 3.99. The van der Waals surface area contributed by atoms with Crippen molar-refractivity contribution in [1.82, 2.24) is 9.80 Å². The maximum atomic E-state index is 9.50. The van der Waals surface area contributed by atoms with Crippen molar-refractivity contribution in [1.29, 1.82) is 5.26 Å². The Balaban J connectivity index is 1.73. The van der Waals surface area contributed by atoms with Crippen LogP contribution in [-0.2, 0) is 0 Å². The van der Waals surface area contributed by atoms with E-state index in [-0.39, 0.29) is 6.10 Å². The molecule has 0 amide bonds. The zero-order chi connectivity index (χ0) is 15.9. The molecule has 5 nitrogen and oxygen atoms in total. The van der Waals surface area contributed by atoms with Gasteiger partial charge in [0.05, 0.1) is 17.7 Å². The van der Waals surface area contributed by atoms with Crippen molar-refractivity contribution in [2.24, 2.45) is 0 Å². The van der Waals surface area contributed by atoms with Gasteiger partial charge in [-0.3, -0.25) is 9.80 Å². The Morgan fingerprint density at radius 2 is 2.27 bits per heavy atom. The number of aliphatic hydroxyl groups is 1. The van der Waals surface area contributed by atoms with E-state index in [0.29, 0.717) is 18.2 Å². The molecule has 0 unspecified atom stereocenters. The molecule has 0 radical (unpaired) electrons. The molecular formula is C17H25N3O2. The van der Waals surface area contributed by atoms with Crippen LogP contribution in [0.3, 0.4) is 0 Å². The Morgan fingerprint density at radius 1 is 1.45 bits per heavy atom. The average Bonchev–Trinajstić information content (AvgIpc) is 2.50. The van der Waals surface area contributed by atoms with Crippen molar-refractivity contribution in [2.75, 3.05) is 39.3 Å². The fourth-order valence-corrected chi connectivity index (χ4v) is 2.83. The van der Waals surface area contributed by atoms with Crippen LogP contribution in [0.15, 0.2) is 24.3 Å². The summed E-state index contributed by atoms with van der Waals surface area (Å²) in [6.45, 7) is 9.26. The van der Waals surface area contributed by atoms with Gasteiger partial charge in [-0.1, -0.05) is 6.07 Å². The third-order valence-corrected chi connectivity index (χ3v) is 3.99. The van der Waals surface area contributed by atoms with Gasteiger partial charge in [-0.15, -0.1) is 0 Å². The number of nitrogens with zero attached hydrogens (tertiary/aromatic N) is 3. The molecule has 0 bridgehead atoms. The maximum Gasteiger partial charge on any atom is 0.120 e. The van der Waals surface area contributed by atoms with Crippen LogP contribution < -0.4 is 4.74 Å². The summed E-state index contributed by atoms with van der Waals surface area (Å²) in [4.78, 5) is 4.72. The number of nitriles is 1. The lowest BCUT2D eigenvalue weighted by Crippen LogP contribution is -2.54. The Hall–Kier alpha value is -1.61. The van der Waals surface area contributed by atoms with Crippen molar-refractivity contribution < 1.29 is 9.84 Å². The molecule has 1 N–H and O–H groups in total. The lowest BCUT2D eigenvalue weighted by Gasteiger charge is -2.40. The lowest BCUT2D eigenvalue weighted by molar-refractivity contribution is 0.0405. The van der Waals surface area contributed by atoms with Gasteiger partial charge in [0.2, 0.25) is 0 Å². The van der Waals surface area contributed by atoms with Gasteiger partial charge in [0, 0.05) is 38.8 Å². The molecule has 1 saturated heterocycles. The molecule has 1 aromatic rings. The van der Waals surface area contributed by atoms with Gasteiger partial charge in [0.15, 0.2) is 0 Å². The summed E-state index contributed by atoms with van der Waals surface area (Å²) < 4.78 is 5.73. The molecule has 5 heteroatoms. The van der Waals surface area contributed by atoms with E-state index in [1.165, 1.54) is 0 Å². The fraction of sp³-hybridized carbons (Fsp3) is 0.588. The van der Waals surface area contributed by atoms with Gasteiger partial charge in [0.1, 0.15) is 12.4 Å². The largest absolute Gasteiger partial charge is 0.492 e. The van der Waals surface area contributed by atoms with E-state index in [1.807, 2.05) is 19.1 Å². The maximum absolute atomic E-state index is 9.50. The summed E-state index contributed by atoms with van der Waals surface area (Å²) in [5.41, 5.74) is 0.623. The van der Waals surface area contributed by atoms with Crippen molar-refractivity contribution >= 4 is 0 Å². The number of β-amino-alcohol motifs (C(OH)–C–C–N with tert-alkyl or cyclic N) is 1. The van der Waals surface area contributed by atoms with Crippen LogP contribution in [0, 0.1) is 11.3 Å². The number of hydrogen-bond acceptors (Lipinski definition) is 5. The van der Waals surface area contributed by atoms with Crippen LogP contribution in [0.4, 0.5) is 0 Å². The summed E-state index contributed by atoms with van der Waals surface area (Å²) in [7, 11) is 0. The summed E-state index contributed by atoms with van der Waals surface area (Å²) in [5.74, 6) is 0.750. The number of piperazine rings is 1. The first-order chi connectivity index (χ1) is 10.6. The highest BCUT2D eigenvalue weighted by molar-refractivity contribution is 5.36. The molecule has 1 aliphatic rings. The highest BCUT2D eigenvalue weighted by Gasteiger charge is 2.24. The van der Waals surface area contributed by atoms with E-state index < -0.39 is 0 Å². The van der Waals surface area contributed by atoms with Crippen LogP contribution in [-0.4, -0.2) is 66.4 Å². The summed E-state index contributed by atoms with van der Waals surface area (Å²) in [6, 6.07) is 9.82. The Labute approximate surface area is 132 Å². The first-order valence-electron chi connectivity index (χ1n) is 7.86. The molecule has 22 heavy (non-hydrogen) atoms. The molecule has 120 valence electrons. The Kier molecular flexibility index (Phi) is 6.20. The third kappa shape index (κ3) is 4.99. The number of hydrogen-bond donors (Lipinski definition) is 1. The summed E-state index contributed by atoms with van der Waals surface area (Å²) in [6.07, 6.45) is -0.273. The number of aliphatic hydroxyl groups excluding tert-OH is 1. The predicted octanol–water partition coefficient (Wildman–Crippen LogP) is 1.32. The predicted molar refractivity (Wildman–Crippen MR) is 85.8 cm³/mol. The first-order valence-corrected chi connectivity index (χ1v) is 7.86. The number of rotatable bonds is 6. The number of ether oxygens (including phenoxy) is 1. The van der Waals surface area contributed by atoms with Crippen molar-refractivity contribution in [3.05, 3.63) is 29.8 Å². The van der Waals surface area contributed by atoms with Crippen LogP contribution in [0.25, 0.3) is 0 Å². The Morgan fingerprint density at radius 3 is 2.95 bits per heavy atom. The molecule has 2 rings (SSSR count). The molecule has 0 aromatic heterocycles. The van der Waals surface area contributed by atoms with Crippen LogP contribution in [0.5, 0.6) is 5.75 Å². The van der Waals surface area contributed by atoms with Gasteiger partial charge < -0.3 is 9.84 Å². The van der Waals surface area contributed by atoms with Crippen LogP contribution in [0.2, 0.25) is 0 Å². The first kappa shape index (κ1) is 16.8. The normalized spacial score (nSPS) is 21.3. The minimum atomic E-state index is -0.273. The smallest absolute Gasteiger partial charge is 0.120 e. The van der Waals surface area contributed by atoms with E-state index in [9.17, 15) is 5.11 Å². The second-order valence-corrected chi connectivity index (χ2v) is 5.98. The van der Waals surface area contributed by atoms with Gasteiger partial charge >= 0.3 is 0 Å². The SMILES string of the molecule is C[C@H](O)CN1CCN(CCOc2cccc(C#N)c2)C[C@H]1C. The van der Waals surface area contributed by atoms with Gasteiger partial charge in [0.25, 0.3) is 0 Å². The van der Waals surface area contributed by atoms with Gasteiger partial charge in [-0.2, -0.15) is 5.26 Å². The van der Waals surface area contributed by atoms with Crippen molar-refractivity contribution in [3.8, 4) is 11.8 Å². The molecule has 0 spiro atoms. The minimum absolute atomic E-state index is 0.273. The Bertz CT molecular complexity index is 513. The van der Waals surface area contributed by atoms with Gasteiger partial charge in [-0.25, -0.2) is 0 Å². The fourth-order valence-electron chi connectivity index (χ4n) is 2.83. The standard InChI is InChI=1S/C17H25N3O2/c1-14-12-19(6-7-20(14)13-15(2)21)8-9-22-17-5-3-4-16(10-17)11-18/h3-5,10,14-15,21H,6-9,12-13H2,1-2H3/t14-,15+/m1/s1. The van der Waals surface area contributed by atoms with E-state index >= 15 is 0 Å². The highest BCUT2D eigenvalue weighted by Crippen LogP contribution is 2.13. The lowest BCUT2D eigenvalue weighted by atomic mass is 10.1. The zero-order valence-corrected chi connectivity index (χ0v) is 13.4. The van der Waals surface area contributed by atoms with Crippen LogP contribution in [0.1, 0.15) is 19.4 Å². The molecule has 1 aliphatic heterocycles. The molecule has 2 atom stereocenters. The summed E-state index contributed by atoms with van der Waals surface area (Å²) >= 11 is 0. The second-order valence-electron chi connectivity index (χ2n) is 5.98. The van der Waals surface area contributed by atoms with Gasteiger partial charge in [-0.05, 0) is 32.0 Å². The molecular weight excluding hydrogens is 278 g/mol. The minimum Gasteiger partial charge on any atom is -0.492 e. The molecule has 1 aromatic carbocycles. The topological polar surface area (TPSA) is 59.7 Å². The zero-order valence-electron chi connectivity index (χ0n) is 13.4. The van der Waals surface area contributed by atoms with Crippen molar-refractivity contribution in [2.45, 2.75) is 26.0 Å². The molecule has 1 fully saturated rings. The average molecular weight is 303 g/mol. The second kappa shape index (κ2) is 8.14. The highest BCUT2D eigenvalue weighted by atomic mass is 16.5.